The molecule has 0 amide bonds. The van der Waals surface area contributed by atoms with Crippen LogP contribution >= 0.6 is 0 Å². The molecule has 0 saturated carbocycles. The smallest absolute Gasteiger partial charge is 0.363 e. The largest absolute Gasteiger partial charge is 0.496 e. The minimum absolute atomic E-state index is 0.288. The predicted octanol–water partition coefficient (Wildman–Crippen LogP) is 3.78. The van der Waals surface area contributed by atoms with E-state index in [1.165, 1.54) is 0 Å². The summed E-state index contributed by atoms with van der Waals surface area (Å²) >= 11 is 0. The van der Waals surface area contributed by atoms with E-state index in [-0.39, 0.29) is 5.70 Å². The van der Waals surface area contributed by atoms with Crippen LogP contribution in [0.25, 0.3) is 6.08 Å². The lowest BCUT2D eigenvalue weighted by Gasteiger charge is -2.06. The van der Waals surface area contributed by atoms with Crippen LogP contribution in [0.4, 0.5) is 0 Å². The summed E-state index contributed by atoms with van der Waals surface area (Å²) in [6, 6.07) is 9.61. The van der Waals surface area contributed by atoms with Crippen LogP contribution in [0.15, 0.2) is 51.7 Å². The lowest BCUT2D eigenvalue weighted by molar-refractivity contribution is -0.130. The molecule has 5 heteroatoms. The second-order valence-electron chi connectivity index (χ2n) is 5.43. The summed E-state index contributed by atoms with van der Waals surface area (Å²) in [5.41, 5.74) is 2.27. The molecule has 124 valence electrons. The number of furan rings is 1. The van der Waals surface area contributed by atoms with Crippen molar-refractivity contribution in [3.8, 4) is 5.75 Å². The second kappa shape index (κ2) is 7.17. The van der Waals surface area contributed by atoms with Crippen molar-refractivity contribution in [1.29, 1.82) is 0 Å². The third-order valence-electron chi connectivity index (χ3n) is 3.82. The summed E-state index contributed by atoms with van der Waals surface area (Å²) in [4.78, 5) is 16.3. The van der Waals surface area contributed by atoms with Crippen molar-refractivity contribution in [2.24, 2.45) is 4.99 Å². The SMILES string of the molecule is CCc1ccc(OC)c(/C=C2/N=C(CCc3ccco3)OC2=O)c1. The molecule has 1 aliphatic heterocycles. The van der Waals surface area contributed by atoms with Crippen LogP contribution in [0.2, 0.25) is 0 Å². The Hall–Kier alpha value is -2.82. The minimum Gasteiger partial charge on any atom is -0.496 e. The standard InChI is InChI=1S/C19H19NO4/c1-3-13-6-8-17(22-2)14(11-13)12-16-19(21)24-18(20-16)9-7-15-5-4-10-23-15/h4-6,8,10-12H,3,7,9H2,1-2H3/b16-12+. The van der Waals surface area contributed by atoms with Crippen LogP contribution in [0, 0.1) is 0 Å². The molecule has 0 spiro atoms. The van der Waals surface area contributed by atoms with Crippen LogP contribution in [0.5, 0.6) is 5.75 Å². The molecule has 0 unspecified atom stereocenters. The monoisotopic (exact) mass is 325 g/mol. The van der Waals surface area contributed by atoms with Crippen molar-refractivity contribution in [3.63, 3.8) is 0 Å². The summed E-state index contributed by atoms with van der Waals surface area (Å²) < 4.78 is 15.9. The van der Waals surface area contributed by atoms with E-state index in [1.807, 2.05) is 30.3 Å². The Kier molecular flexibility index (Phi) is 4.79. The Bertz CT molecular complexity index is 788. The molecule has 0 aliphatic carbocycles. The van der Waals surface area contributed by atoms with Gasteiger partial charge >= 0.3 is 5.97 Å². The molecule has 1 aromatic heterocycles. The van der Waals surface area contributed by atoms with E-state index in [4.69, 9.17) is 13.9 Å². The zero-order valence-corrected chi connectivity index (χ0v) is 13.7. The number of hydrogen-bond donors (Lipinski definition) is 0. The molecule has 0 bridgehead atoms. The normalized spacial score (nSPS) is 15.5. The van der Waals surface area contributed by atoms with Gasteiger partial charge in [0, 0.05) is 18.4 Å². The van der Waals surface area contributed by atoms with Crippen LogP contribution in [-0.2, 0) is 22.4 Å². The molecule has 5 nitrogen and oxygen atoms in total. The van der Waals surface area contributed by atoms with Gasteiger partial charge in [0.05, 0.1) is 13.4 Å². The van der Waals surface area contributed by atoms with Gasteiger partial charge in [0.15, 0.2) is 11.6 Å². The summed E-state index contributed by atoms with van der Waals surface area (Å²) in [5.74, 6) is 1.51. The van der Waals surface area contributed by atoms with E-state index in [9.17, 15) is 4.79 Å². The fourth-order valence-corrected chi connectivity index (χ4v) is 2.51. The van der Waals surface area contributed by atoms with Crippen molar-refractivity contribution in [3.05, 3.63) is 59.2 Å². The van der Waals surface area contributed by atoms with E-state index in [0.717, 1.165) is 23.3 Å². The highest BCUT2D eigenvalue weighted by Gasteiger charge is 2.23. The molecular formula is C19H19NO4. The summed E-state index contributed by atoms with van der Waals surface area (Å²) in [5, 5.41) is 0. The van der Waals surface area contributed by atoms with Gasteiger partial charge in [0.2, 0.25) is 0 Å². The van der Waals surface area contributed by atoms with Gasteiger partial charge in [-0.1, -0.05) is 13.0 Å². The lowest BCUT2D eigenvalue weighted by Crippen LogP contribution is -2.05. The van der Waals surface area contributed by atoms with Gasteiger partial charge < -0.3 is 13.9 Å². The van der Waals surface area contributed by atoms with Crippen molar-refractivity contribution in [1.82, 2.24) is 0 Å². The summed E-state index contributed by atoms with van der Waals surface area (Å²) in [6.45, 7) is 2.08. The van der Waals surface area contributed by atoms with Crippen molar-refractivity contribution in [2.75, 3.05) is 7.11 Å². The number of aliphatic imine (C=N–C) groups is 1. The molecule has 2 aromatic rings. The second-order valence-corrected chi connectivity index (χ2v) is 5.43. The number of cyclic esters (lactones) is 1. The van der Waals surface area contributed by atoms with E-state index in [0.29, 0.717) is 24.5 Å². The highest BCUT2D eigenvalue weighted by atomic mass is 16.6. The van der Waals surface area contributed by atoms with Crippen LogP contribution in [-0.4, -0.2) is 19.0 Å². The van der Waals surface area contributed by atoms with Gasteiger partial charge in [0.1, 0.15) is 11.5 Å². The van der Waals surface area contributed by atoms with Gasteiger partial charge in [0.25, 0.3) is 0 Å². The first kappa shape index (κ1) is 16.1. The van der Waals surface area contributed by atoms with Crippen LogP contribution in [0.1, 0.15) is 30.2 Å². The number of methoxy groups -OCH3 is 1. The number of benzene rings is 1. The molecule has 0 N–H and O–H groups in total. The third kappa shape index (κ3) is 3.56. The number of nitrogens with zero attached hydrogens (tertiary/aromatic N) is 1. The van der Waals surface area contributed by atoms with Crippen molar-refractivity contribution < 1.29 is 18.7 Å². The average molecular weight is 325 g/mol. The zero-order valence-electron chi connectivity index (χ0n) is 13.7. The Morgan fingerprint density at radius 3 is 2.83 bits per heavy atom. The van der Waals surface area contributed by atoms with Gasteiger partial charge in [-0.05, 0) is 42.3 Å². The maximum Gasteiger partial charge on any atom is 0.363 e. The minimum atomic E-state index is -0.437. The van der Waals surface area contributed by atoms with Crippen molar-refractivity contribution in [2.45, 2.75) is 26.2 Å². The molecule has 0 saturated heterocycles. The number of ether oxygens (including phenoxy) is 2. The highest BCUT2D eigenvalue weighted by molar-refractivity contribution is 6.07. The zero-order chi connectivity index (χ0) is 16.9. The number of carbonyl (C=O) groups excluding carboxylic acids is 1. The van der Waals surface area contributed by atoms with Gasteiger partial charge in [-0.3, -0.25) is 0 Å². The highest BCUT2D eigenvalue weighted by Crippen LogP contribution is 2.25. The molecular weight excluding hydrogens is 306 g/mol. The summed E-state index contributed by atoms with van der Waals surface area (Å²) in [6.07, 6.45) is 5.39. The number of aryl methyl sites for hydroxylation is 2. The first-order valence-corrected chi connectivity index (χ1v) is 7.90. The maximum absolute atomic E-state index is 12.0. The van der Waals surface area contributed by atoms with Crippen LogP contribution < -0.4 is 4.74 Å². The number of esters is 1. The average Bonchev–Trinajstić information content (AvgIpc) is 3.23. The fraction of sp³-hybridized carbons (Fsp3) is 0.263. The quantitative estimate of drug-likeness (QED) is 0.599. The van der Waals surface area contributed by atoms with E-state index in [2.05, 4.69) is 11.9 Å². The first-order valence-electron chi connectivity index (χ1n) is 7.90. The Balaban J connectivity index is 1.80. The first-order chi connectivity index (χ1) is 11.7. The lowest BCUT2D eigenvalue weighted by atomic mass is 10.1. The Morgan fingerprint density at radius 1 is 1.25 bits per heavy atom. The van der Waals surface area contributed by atoms with Gasteiger partial charge in [-0.15, -0.1) is 0 Å². The fourth-order valence-electron chi connectivity index (χ4n) is 2.51. The molecule has 0 radical (unpaired) electrons. The van der Waals surface area contributed by atoms with E-state index in [1.54, 1.807) is 19.4 Å². The van der Waals surface area contributed by atoms with E-state index >= 15 is 0 Å². The molecule has 24 heavy (non-hydrogen) atoms. The van der Waals surface area contributed by atoms with Gasteiger partial charge in [-0.2, -0.15) is 0 Å². The maximum atomic E-state index is 12.0. The van der Waals surface area contributed by atoms with Gasteiger partial charge in [-0.25, -0.2) is 9.79 Å². The third-order valence-corrected chi connectivity index (χ3v) is 3.82. The molecule has 2 heterocycles. The van der Waals surface area contributed by atoms with Crippen LogP contribution in [0.3, 0.4) is 0 Å². The molecule has 0 fully saturated rings. The number of carbonyl (C=O) groups is 1. The molecule has 0 atom stereocenters. The van der Waals surface area contributed by atoms with E-state index < -0.39 is 5.97 Å². The molecule has 3 rings (SSSR count). The number of rotatable bonds is 6. The van der Waals surface area contributed by atoms with Crippen molar-refractivity contribution >= 4 is 17.9 Å². The predicted molar refractivity (Wildman–Crippen MR) is 90.9 cm³/mol. The number of hydrogen-bond acceptors (Lipinski definition) is 5. The molecule has 1 aliphatic rings. The Morgan fingerprint density at radius 2 is 2.12 bits per heavy atom. The molecule has 1 aromatic carbocycles. The Labute approximate surface area is 140 Å². The summed E-state index contributed by atoms with van der Waals surface area (Å²) in [7, 11) is 1.61. The topological polar surface area (TPSA) is 61.0 Å².